The van der Waals surface area contributed by atoms with Crippen LogP contribution in [0.1, 0.15) is 17.4 Å². The Morgan fingerprint density at radius 1 is 1.25 bits per heavy atom. The van der Waals surface area contributed by atoms with E-state index in [-0.39, 0.29) is 0 Å². The van der Waals surface area contributed by atoms with Crippen LogP contribution in [0.5, 0.6) is 0 Å². The molecular weight excluding hydrogens is 338 g/mol. The smallest absolute Gasteiger partial charge is 0.199 e. The van der Waals surface area contributed by atoms with Crippen LogP contribution in [0.15, 0.2) is 36.0 Å². The molecule has 4 heterocycles. The van der Waals surface area contributed by atoms with Gasteiger partial charge >= 0.3 is 0 Å². The summed E-state index contributed by atoms with van der Waals surface area (Å²) in [4.78, 5) is 8.02. The van der Waals surface area contributed by atoms with Crippen LogP contribution in [0.25, 0.3) is 11.4 Å². The Labute approximate surface area is 150 Å². The second kappa shape index (κ2) is 6.58. The molecule has 0 aliphatic carbocycles. The Morgan fingerprint density at radius 2 is 2.08 bits per heavy atom. The molecule has 0 amide bonds. The summed E-state index contributed by atoms with van der Waals surface area (Å²) >= 11 is 7.53. The highest BCUT2D eigenvalue weighted by molar-refractivity contribution is 7.71. The monoisotopic (exact) mass is 357 g/mol. The van der Waals surface area contributed by atoms with Crippen molar-refractivity contribution in [2.75, 3.05) is 6.54 Å². The van der Waals surface area contributed by atoms with Gasteiger partial charge in [0, 0.05) is 42.5 Å². The van der Waals surface area contributed by atoms with Gasteiger partial charge in [-0.25, -0.2) is 4.68 Å². The van der Waals surface area contributed by atoms with Gasteiger partial charge in [-0.2, -0.15) is 5.10 Å². The molecule has 0 bridgehead atoms. The number of hydrogen-bond donors (Lipinski definition) is 0. The first-order valence-corrected chi connectivity index (χ1v) is 9.40. The fraction of sp³-hybridized carbons (Fsp3) is 0.353. The highest BCUT2D eigenvalue weighted by Crippen LogP contribution is 2.24. The maximum Gasteiger partial charge on any atom is 0.199 e. The van der Waals surface area contributed by atoms with Gasteiger partial charge in [0.25, 0.3) is 0 Å². The lowest BCUT2D eigenvalue weighted by atomic mass is 10.1. The lowest BCUT2D eigenvalue weighted by molar-refractivity contribution is 0.189. The molecule has 5 nitrogen and oxygen atoms in total. The van der Waals surface area contributed by atoms with E-state index in [4.69, 9.17) is 17.3 Å². The molecule has 0 unspecified atom stereocenters. The van der Waals surface area contributed by atoms with E-state index in [0.29, 0.717) is 0 Å². The topological polar surface area (TPSA) is 38.9 Å². The minimum atomic E-state index is 0.735. The average molecular weight is 358 g/mol. The summed E-state index contributed by atoms with van der Waals surface area (Å²) < 4.78 is 4.82. The first-order chi connectivity index (χ1) is 11.8. The van der Waals surface area contributed by atoms with Crippen LogP contribution in [-0.2, 0) is 26.2 Å². The van der Waals surface area contributed by atoms with Crippen molar-refractivity contribution in [1.82, 2.24) is 24.2 Å². The van der Waals surface area contributed by atoms with E-state index in [1.807, 2.05) is 28.2 Å². The van der Waals surface area contributed by atoms with E-state index >= 15 is 0 Å². The van der Waals surface area contributed by atoms with Gasteiger partial charge in [0.1, 0.15) is 0 Å². The summed E-state index contributed by atoms with van der Waals surface area (Å²) in [6.07, 6.45) is 4.70. The van der Waals surface area contributed by atoms with Gasteiger partial charge in [-0.3, -0.25) is 9.88 Å². The van der Waals surface area contributed by atoms with E-state index in [1.54, 1.807) is 12.4 Å². The Bertz CT molecular complexity index is 893. The zero-order valence-corrected chi connectivity index (χ0v) is 15.2. The van der Waals surface area contributed by atoms with Crippen LogP contribution in [0.3, 0.4) is 0 Å². The van der Waals surface area contributed by atoms with Crippen molar-refractivity contribution in [3.8, 4) is 11.4 Å². The van der Waals surface area contributed by atoms with E-state index in [2.05, 4.69) is 32.8 Å². The van der Waals surface area contributed by atoms with Crippen molar-refractivity contribution in [1.29, 1.82) is 0 Å². The molecule has 3 aromatic rings. The average Bonchev–Trinajstić information content (AvgIpc) is 3.20. The Kier molecular flexibility index (Phi) is 4.30. The van der Waals surface area contributed by atoms with Gasteiger partial charge in [-0.1, -0.05) is 0 Å². The first kappa shape index (κ1) is 15.7. The number of rotatable bonds is 4. The van der Waals surface area contributed by atoms with Gasteiger partial charge in [0.2, 0.25) is 0 Å². The summed E-state index contributed by atoms with van der Waals surface area (Å²) in [5.41, 5.74) is 2.50. The molecule has 124 valence electrons. The second-order valence-corrected chi connectivity index (χ2v) is 7.26. The molecule has 3 aromatic heterocycles. The Hall–Kier alpha value is -1.83. The van der Waals surface area contributed by atoms with Crippen molar-refractivity contribution >= 4 is 23.6 Å². The van der Waals surface area contributed by atoms with E-state index < -0.39 is 0 Å². The predicted octanol–water partition coefficient (Wildman–Crippen LogP) is 3.57. The number of thiophene rings is 1. The van der Waals surface area contributed by atoms with Crippen molar-refractivity contribution in [3.63, 3.8) is 0 Å². The van der Waals surface area contributed by atoms with Crippen LogP contribution in [0.2, 0.25) is 0 Å². The number of fused-ring (bicyclic) bond motifs is 1. The molecule has 7 heteroatoms. The molecule has 1 aliphatic rings. The van der Waals surface area contributed by atoms with Gasteiger partial charge in [0.15, 0.2) is 10.6 Å². The highest BCUT2D eigenvalue weighted by Gasteiger charge is 2.19. The first-order valence-electron chi connectivity index (χ1n) is 8.12. The summed E-state index contributed by atoms with van der Waals surface area (Å²) in [5, 5.41) is 6.98. The molecule has 0 radical (unpaired) electrons. The van der Waals surface area contributed by atoms with Gasteiger partial charge in [-0.05, 0) is 54.7 Å². The van der Waals surface area contributed by atoms with E-state index in [0.717, 1.165) is 48.9 Å². The largest absolute Gasteiger partial charge is 0.300 e. The van der Waals surface area contributed by atoms with Crippen molar-refractivity contribution < 1.29 is 0 Å². The third-order valence-electron chi connectivity index (χ3n) is 4.40. The van der Waals surface area contributed by atoms with Crippen molar-refractivity contribution in [2.45, 2.75) is 33.1 Å². The van der Waals surface area contributed by atoms with Crippen LogP contribution in [0.4, 0.5) is 0 Å². The molecule has 0 aromatic carbocycles. The lowest BCUT2D eigenvalue weighted by Gasteiger charge is -2.26. The number of nitrogens with zero attached hydrogens (tertiary/aromatic N) is 5. The molecule has 0 saturated carbocycles. The van der Waals surface area contributed by atoms with E-state index in [9.17, 15) is 0 Å². The zero-order chi connectivity index (χ0) is 16.5. The molecule has 24 heavy (non-hydrogen) atoms. The van der Waals surface area contributed by atoms with Gasteiger partial charge in [-0.15, -0.1) is 11.3 Å². The minimum Gasteiger partial charge on any atom is -0.300 e. The molecule has 0 saturated heterocycles. The molecule has 0 spiro atoms. The third kappa shape index (κ3) is 2.83. The molecule has 4 rings (SSSR count). The second-order valence-electron chi connectivity index (χ2n) is 5.90. The molecule has 0 N–H and O–H groups in total. The van der Waals surface area contributed by atoms with Gasteiger partial charge in [0.05, 0.1) is 6.67 Å². The molecule has 0 fully saturated rings. The molecular formula is C17H19N5S2. The number of aromatic nitrogens is 4. The van der Waals surface area contributed by atoms with Crippen LogP contribution in [-0.4, -0.2) is 30.8 Å². The fourth-order valence-electron chi connectivity index (χ4n) is 3.15. The van der Waals surface area contributed by atoms with Crippen molar-refractivity contribution in [2.24, 2.45) is 0 Å². The Morgan fingerprint density at radius 3 is 2.88 bits per heavy atom. The number of pyridine rings is 1. The maximum absolute atomic E-state index is 5.66. The van der Waals surface area contributed by atoms with Crippen LogP contribution in [0, 0.1) is 4.77 Å². The summed E-state index contributed by atoms with van der Waals surface area (Å²) in [6.45, 7) is 5.68. The lowest BCUT2D eigenvalue weighted by Crippen LogP contribution is -2.32. The van der Waals surface area contributed by atoms with Crippen LogP contribution >= 0.6 is 23.6 Å². The summed E-state index contributed by atoms with van der Waals surface area (Å²) in [6, 6.07) is 6.19. The van der Waals surface area contributed by atoms with E-state index in [1.165, 1.54) is 10.4 Å². The third-order valence-corrected chi connectivity index (χ3v) is 5.85. The minimum absolute atomic E-state index is 0.735. The summed E-state index contributed by atoms with van der Waals surface area (Å²) in [5.74, 6) is 0.915. The molecule has 0 atom stereocenters. The quantitative estimate of drug-likeness (QED) is 0.669. The normalized spacial score (nSPS) is 14.7. The number of hydrogen-bond acceptors (Lipinski definition) is 5. The maximum atomic E-state index is 5.66. The zero-order valence-electron chi connectivity index (χ0n) is 13.6. The van der Waals surface area contributed by atoms with Crippen LogP contribution < -0.4 is 0 Å². The standard InChI is InChI=1S/C17H19N5S2/c1-2-21-16(13-3-7-18-8-4-13)19-22(17(21)23)12-20-9-5-15-14(11-20)6-10-24-15/h3-4,6-8,10H,2,5,9,11-12H2,1H3. The predicted molar refractivity (Wildman–Crippen MR) is 98.4 cm³/mol. The highest BCUT2D eigenvalue weighted by atomic mass is 32.1. The van der Waals surface area contributed by atoms with Crippen molar-refractivity contribution in [3.05, 3.63) is 51.2 Å². The summed E-state index contributed by atoms with van der Waals surface area (Å²) in [7, 11) is 0. The fourth-order valence-corrected chi connectivity index (χ4v) is 4.35. The Balaban J connectivity index is 1.63. The molecule has 1 aliphatic heterocycles. The SMILES string of the molecule is CCn1c(-c2ccncc2)nn(CN2CCc3sccc3C2)c1=S. The van der Waals surface area contributed by atoms with Gasteiger partial charge < -0.3 is 4.57 Å².